The van der Waals surface area contributed by atoms with Crippen molar-refractivity contribution < 1.29 is 14.3 Å². The van der Waals surface area contributed by atoms with Crippen LogP contribution in [-0.4, -0.2) is 35.0 Å². The van der Waals surface area contributed by atoms with Crippen LogP contribution in [0.5, 0.6) is 0 Å². The Bertz CT molecular complexity index is 492. The zero-order chi connectivity index (χ0) is 16.0. The van der Waals surface area contributed by atoms with E-state index >= 15 is 0 Å². The fourth-order valence-electron chi connectivity index (χ4n) is 1.58. The Kier molecular flexibility index (Phi) is 5.69. The molecule has 6 heteroatoms. The van der Waals surface area contributed by atoms with Crippen LogP contribution in [0.4, 0.5) is 5.82 Å². The summed E-state index contributed by atoms with van der Waals surface area (Å²) in [5.74, 6) is 0.00782. The monoisotopic (exact) mass is 293 g/mol. The summed E-state index contributed by atoms with van der Waals surface area (Å²) < 4.78 is 4.88. The third-order valence-corrected chi connectivity index (χ3v) is 2.53. The molecule has 0 aliphatic rings. The maximum Gasteiger partial charge on any atom is 0.339 e. The summed E-state index contributed by atoms with van der Waals surface area (Å²) in [4.78, 5) is 27.6. The molecule has 1 aromatic rings. The van der Waals surface area contributed by atoms with Gasteiger partial charge in [0.25, 0.3) is 0 Å². The van der Waals surface area contributed by atoms with E-state index in [4.69, 9.17) is 4.74 Å². The molecule has 1 unspecified atom stereocenters. The van der Waals surface area contributed by atoms with E-state index in [-0.39, 0.29) is 11.4 Å². The molecule has 0 saturated heterocycles. The molecule has 1 rings (SSSR count). The highest BCUT2D eigenvalue weighted by atomic mass is 16.5. The molecule has 0 fully saturated rings. The van der Waals surface area contributed by atoms with Crippen LogP contribution in [0.25, 0.3) is 0 Å². The normalized spacial score (nSPS) is 12.4. The number of anilines is 1. The lowest BCUT2D eigenvalue weighted by Gasteiger charge is -2.23. The zero-order valence-electron chi connectivity index (χ0n) is 13.2. The van der Waals surface area contributed by atoms with Gasteiger partial charge in [-0.15, -0.1) is 0 Å². The highest BCUT2D eigenvalue weighted by molar-refractivity contribution is 5.89. The average Bonchev–Trinajstić information content (AvgIpc) is 2.37. The van der Waals surface area contributed by atoms with Crippen molar-refractivity contribution in [1.29, 1.82) is 0 Å². The first-order valence-corrected chi connectivity index (χ1v) is 6.94. The van der Waals surface area contributed by atoms with Crippen LogP contribution >= 0.6 is 0 Å². The van der Waals surface area contributed by atoms with Gasteiger partial charge < -0.3 is 15.4 Å². The SMILES string of the molecule is CCOC(=O)c1ccc(NC(C)C(=O)NC(C)(C)C)nc1. The molecule has 0 spiro atoms. The number of amides is 1. The highest BCUT2D eigenvalue weighted by Gasteiger charge is 2.19. The van der Waals surface area contributed by atoms with Crippen LogP contribution in [0.3, 0.4) is 0 Å². The van der Waals surface area contributed by atoms with Crippen molar-refractivity contribution in [3.63, 3.8) is 0 Å². The Labute approximate surface area is 125 Å². The van der Waals surface area contributed by atoms with E-state index in [2.05, 4.69) is 15.6 Å². The Hall–Kier alpha value is -2.11. The topological polar surface area (TPSA) is 80.3 Å². The number of carbonyl (C=O) groups is 2. The number of carbonyl (C=O) groups excluding carboxylic acids is 2. The van der Waals surface area contributed by atoms with Gasteiger partial charge in [0.1, 0.15) is 11.9 Å². The number of nitrogens with zero attached hydrogens (tertiary/aromatic N) is 1. The van der Waals surface area contributed by atoms with E-state index in [1.54, 1.807) is 26.0 Å². The quantitative estimate of drug-likeness (QED) is 0.811. The fourth-order valence-corrected chi connectivity index (χ4v) is 1.58. The summed E-state index contributed by atoms with van der Waals surface area (Å²) in [7, 11) is 0. The molecule has 1 heterocycles. The average molecular weight is 293 g/mol. The van der Waals surface area contributed by atoms with Crippen molar-refractivity contribution in [1.82, 2.24) is 10.3 Å². The molecular formula is C15H23N3O3. The summed E-state index contributed by atoms with van der Waals surface area (Å²) >= 11 is 0. The van der Waals surface area contributed by atoms with Crippen LogP contribution in [0.1, 0.15) is 45.0 Å². The van der Waals surface area contributed by atoms with Crippen LogP contribution in [0.2, 0.25) is 0 Å². The van der Waals surface area contributed by atoms with Gasteiger partial charge in [0.15, 0.2) is 0 Å². The minimum atomic E-state index is -0.426. The van der Waals surface area contributed by atoms with Crippen molar-refractivity contribution in [3.8, 4) is 0 Å². The first kappa shape index (κ1) is 16.9. The second-order valence-electron chi connectivity index (χ2n) is 5.76. The van der Waals surface area contributed by atoms with E-state index in [9.17, 15) is 9.59 Å². The van der Waals surface area contributed by atoms with Crippen molar-refractivity contribution in [2.45, 2.75) is 46.2 Å². The van der Waals surface area contributed by atoms with Crippen LogP contribution in [0.15, 0.2) is 18.3 Å². The van der Waals surface area contributed by atoms with Crippen molar-refractivity contribution in [2.75, 3.05) is 11.9 Å². The lowest BCUT2D eigenvalue weighted by Crippen LogP contribution is -2.47. The van der Waals surface area contributed by atoms with Gasteiger partial charge in [-0.2, -0.15) is 0 Å². The van der Waals surface area contributed by atoms with Gasteiger partial charge in [-0.25, -0.2) is 9.78 Å². The van der Waals surface area contributed by atoms with Gasteiger partial charge >= 0.3 is 5.97 Å². The van der Waals surface area contributed by atoms with Crippen molar-refractivity contribution >= 4 is 17.7 Å². The van der Waals surface area contributed by atoms with E-state index in [1.165, 1.54) is 6.20 Å². The number of aromatic nitrogens is 1. The molecule has 21 heavy (non-hydrogen) atoms. The second-order valence-corrected chi connectivity index (χ2v) is 5.76. The first-order chi connectivity index (χ1) is 9.73. The number of hydrogen-bond donors (Lipinski definition) is 2. The number of pyridine rings is 1. The maximum atomic E-state index is 11.9. The molecule has 1 aromatic heterocycles. The summed E-state index contributed by atoms with van der Waals surface area (Å²) in [6.45, 7) is 9.58. The minimum absolute atomic E-state index is 0.112. The molecule has 0 aliphatic carbocycles. The Balaban J connectivity index is 2.63. The van der Waals surface area contributed by atoms with Gasteiger partial charge in [-0.3, -0.25) is 4.79 Å². The number of hydrogen-bond acceptors (Lipinski definition) is 5. The van der Waals surface area contributed by atoms with Crippen LogP contribution < -0.4 is 10.6 Å². The summed E-state index contributed by atoms with van der Waals surface area (Å²) in [5.41, 5.74) is 0.100. The summed E-state index contributed by atoms with van der Waals surface area (Å²) in [5, 5.41) is 5.87. The third kappa shape index (κ3) is 5.81. The van der Waals surface area contributed by atoms with Crippen LogP contribution in [-0.2, 0) is 9.53 Å². The first-order valence-electron chi connectivity index (χ1n) is 6.94. The molecule has 116 valence electrons. The molecule has 1 atom stereocenters. The highest BCUT2D eigenvalue weighted by Crippen LogP contribution is 2.08. The molecule has 0 saturated carbocycles. The lowest BCUT2D eigenvalue weighted by atomic mass is 10.1. The molecule has 2 N–H and O–H groups in total. The lowest BCUT2D eigenvalue weighted by molar-refractivity contribution is -0.122. The van der Waals surface area contributed by atoms with Crippen molar-refractivity contribution in [3.05, 3.63) is 23.9 Å². The number of rotatable bonds is 5. The third-order valence-electron chi connectivity index (χ3n) is 2.53. The van der Waals surface area contributed by atoms with Gasteiger partial charge in [-0.1, -0.05) is 0 Å². The molecule has 0 aliphatic heterocycles. The van der Waals surface area contributed by atoms with E-state index in [0.29, 0.717) is 18.0 Å². The summed E-state index contributed by atoms with van der Waals surface area (Å²) in [6, 6.07) is 2.83. The number of ether oxygens (including phenoxy) is 1. The van der Waals surface area contributed by atoms with E-state index in [0.717, 1.165) is 0 Å². The molecule has 1 amide bonds. The summed E-state index contributed by atoms with van der Waals surface area (Å²) in [6.07, 6.45) is 1.43. The number of esters is 1. The van der Waals surface area contributed by atoms with Gasteiger partial charge in [0.05, 0.1) is 12.2 Å². The maximum absolute atomic E-state index is 11.9. The van der Waals surface area contributed by atoms with Gasteiger partial charge in [0.2, 0.25) is 5.91 Å². The van der Waals surface area contributed by atoms with Crippen LogP contribution in [0, 0.1) is 0 Å². The number of nitrogens with one attached hydrogen (secondary N) is 2. The Morgan fingerprint density at radius 3 is 2.48 bits per heavy atom. The molecule has 0 aromatic carbocycles. The molecular weight excluding hydrogens is 270 g/mol. The van der Waals surface area contributed by atoms with Crippen molar-refractivity contribution in [2.24, 2.45) is 0 Å². The Morgan fingerprint density at radius 2 is 2.00 bits per heavy atom. The Morgan fingerprint density at radius 1 is 1.33 bits per heavy atom. The molecule has 0 radical (unpaired) electrons. The van der Waals surface area contributed by atoms with E-state index in [1.807, 2.05) is 20.8 Å². The zero-order valence-corrected chi connectivity index (χ0v) is 13.2. The molecule has 6 nitrogen and oxygen atoms in total. The predicted octanol–water partition coefficient (Wildman–Crippen LogP) is 1.97. The standard InChI is InChI=1S/C15H23N3O3/c1-6-21-14(20)11-7-8-12(16-9-11)17-10(2)13(19)18-15(3,4)5/h7-10H,6H2,1-5H3,(H,16,17)(H,18,19). The second kappa shape index (κ2) is 7.06. The molecule has 0 bridgehead atoms. The largest absolute Gasteiger partial charge is 0.462 e. The van der Waals surface area contributed by atoms with Gasteiger partial charge in [-0.05, 0) is 46.8 Å². The fraction of sp³-hybridized carbons (Fsp3) is 0.533. The minimum Gasteiger partial charge on any atom is -0.462 e. The van der Waals surface area contributed by atoms with E-state index < -0.39 is 12.0 Å². The smallest absolute Gasteiger partial charge is 0.339 e. The van der Waals surface area contributed by atoms with Gasteiger partial charge in [0, 0.05) is 11.7 Å². The predicted molar refractivity (Wildman–Crippen MR) is 81.2 cm³/mol.